The molecule has 2 unspecified atom stereocenters. The van der Waals surface area contributed by atoms with Crippen LogP contribution in [-0.4, -0.2) is 6.54 Å². The Bertz CT molecular complexity index is 1260. The smallest absolute Gasteiger partial charge is 0.213 e. The van der Waals surface area contributed by atoms with Crippen LogP contribution in [0.5, 0.6) is 0 Å². The number of allylic oxidation sites excluding steroid dienone is 4. The SMILES string of the molecule is C=C(/C=C\C)CCC1(C)c2cc3c(cc2-c2cccc[n+]2C1(C)CC(=C)NCCC)C(C)(C)CCC3(C)C. The fourth-order valence-corrected chi connectivity index (χ4v) is 7.12. The Morgan fingerprint density at radius 2 is 1.63 bits per heavy atom. The lowest BCUT2D eigenvalue weighted by atomic mass is 9.56. The monoisotopic (exact) mass is 511 g/mol. The zero-order valence-corrected chi connectivity index (χ0v) is 25.4. The second-order valence-electron chi connectivity index (χ2n) is 13.6. The molecule has 0 fully saturated rings. The number of pyridine rings is 1. The van der Waals surface area contributed by atoms with Crippen molar-refractivity contribution in [1.29, 1.82) is 0 Å². The number of nitrogens with zero attached hydrogens (tertiary/aromatic N) is 1. The van der Waals surface area contributed by atoms with Gasteiger partial charge in [-0.3, -0.25) is 0 Å². The standard InChI is InChI=1S/C36H51N2/c1-11-15-26(3)17-18-35(9)29-24-31-30(33(5,6)19-20-34(31,7)8)23-28(29)32-16-13-14-22-38(32)36(35,10)25-27(4)37-21-12-2/h11,13-16,22-24,37H,3-4,12,17-21,25H2,1-2,5-10H3/q+1/b15-11-. The summed E-state index contributed by atoms with van der Waals surface area (Å²) in [5.74, 6) is 0. The van der Waals surface area contributed by atoms with Gasteiger partial charge in [0.2, 0.25) is 5.69 Å². The summed E-state index contributed by atoms with van der Waals surface area (Å²) < 4.78 is 2.57. The Morgan fingerprint density at radius 1 is 0.974 bits per heavy atom. The maximum Gasteiger partial charge on any atom is 0.213 e. The van der Waals surface area contributed by atoms with Crippen LogP contribution in [0.2, 0.25) is 0 Å². The molecule has 204 valence electrons. The molecule has 2 nitrogen and oxygen atoms in total. The third-order valence-corrected chi connectivity index (χ3v) is 9.97. The van der Waals surface area contributed by atoms with Gasteiger partial charge < -0.3 is 5.32 Å². The third kappa shape index (κ3) is 4.69. The van der Waals surface area contributed by atoms with Gasteiger partial charge >= 0.3 is 0 Å². The van der Waals surface area contributed by atoms with Crippen LogP contribution >= 0.6 is 0 Å². The molecule has 4 rings (SSSR count). The van der Waals surface area contributed by atoms with Crippen molar-refractivity contribution in [2.75, 3.05) is 6.54 Å². The van der Waals surface area contributed by atoms with Gasteiger partial charge in [-0.1, -0.05) is 71.6 Å². The minimum atomic E-state index is -0.187. The first-order valence-corrected chi connectivity index (χ1v) is 14.7. The first kappa shape index (κ1) is 28.4. The molecule has 0 amide bonds. The maximum atomic E-state index is 4.51. The summed E-state index contributed by atoms with van der Waals surface area (Å²) in [6, 6.07) is 11.9. The summed E-state index contributed by atoms with van der Waals surface area (Å²) in [5, 5.41) is 3.62. The number of hydrogen-bond donors (Lipinski definition) is 1. The normalized spacial score (nSPS) is 24.8. The highest BCUT2D eigenvalue weighted by Crippen LogP contribution is 2.55. The number of hydrogen-bond acceptors (Lipinski definition) is 1. The van der Waals surface area contributed by atoms with Crippen molar-refractivity contribution in [3.63, 3.8) is 0 Å². The molecule has 0 bridgehead atoms. The lowest BCUT2D eigenvalue weighted by Gasteiger charge is -2.49. The van der Waals surface area contributed by atoms with E-state index in [9.17, 15) is 0 Å². The van der Waals surface area contributed by atoms with Crippen molar-refractivity contribution >= 4 is 0 Å². The minimum absolute atomic E-state index is 0.116. The molecule has 0 saturated carbocycles. The lowest BCUT2D eigenvalue weighted by molar-refractivity contribution is -0.764. The predicted molar refractivity (Wildman–Crippen MR) is 164 cm³/mol. The predicted octanol–water partition coefficient (Wildman–Crippen LogP) is 8.79. The first-order valence-electron chi connectivity index (χ1n) is 14.7. The van der Waals surface area contributed by atoms with E-state index < -0.39 is 0 Å². The highest BCUT2D eigenvalue weighted by Gasteiger charge is 2.58. The third-order valence-electron chi connectivity index (χ3n) is 9.97. The van der Waals surface area contributed by atoms with Gasteiger partial charge in [0.15, 0.2) is 11.7 Å². The van der Waals surface area contributed by atoms with E-state index in [1.165, 1.54) is 40.8 Å². The van der Waals surface area contributed by atoms with Crippen molar-refractivity contribution in [2.45, 2.75) is 116 Å². The number of aromatic nitrogens is 1. The highest BCUT2D eigenvalue weighted by atomic mass is 15.1. The Kier molecular flexibility index (Phi) is 7.60. The molecule has 0 radical (unpaired) electrons. The zero-order chi connectivity index (χ0) is 27.9. The van der Waals surface area contributed by atoms with E-state index in [0.717, 1.165) is 37.9 Å². The molecule has 1 aliphatic carbocycles. The summed E-state index contributed by atoms with van der Waals surface area (Å²) in [4.78, 5) is 0. The molecule has 2 aromatic rings. The van der Waals surface area contributed by atoms with Crippen molar-refractivity contribution in [3.05, 3.63) is 89.8 Å². The number of rotatable bonds is 9. The summed E-state index contributed by atoms with van der Waals surface area (Å²) >= 11 is 0. The quantitative estimate of drug-likeness (QED) is 0.263. The van der Waals surface area contributed by atoms with Gasteiger partial charge in [-0.25, -0.2) is 0 Å². The summed E-state index contributed by atoms with van der Waals surface area (Å²) in [7, 11) is 0. The van der Waals surface area contributed by atoms with Crippen LogP contribution in [0.4, 0.5) is 0 Å². The van der Waals surface area contributed by atoms with Crippen molar-refractivity contribution in [2.24, 2.45) is 0 Å². The minimum Gasteiger partial charge on any atom is -0.389 e. The van der Waals surface area contributed by atoms with E-state index in [1.807, 2.05) is 0 Å². The zero-order valence-electron chi connectivity index (χ0n) is 25.4. The summed E-state index contributed by atoms with van der Waals surface area (Å²) in [6.45, 7) is 28.9. The summed E-state index contributed by atoms with van der Waals surface area (Å²) in [6.07, 6.45) is 13.0. The van der Waals surface area contributed by atoms with Gasteiger partial charge in [-0.15, -0.1) is 0 Å². The Hall–Kier alpha value is -2.61. The van der Waals surface area contributed by atoms with Gasteiger partial charge in [-0.05, 0) is 85.6 Å². The molecular weight excluding hydrogens is 460 g/mol. The number of benzene rings is 1. The molecule has 2 aliphatic rings. The lowest BCUT2D eigenvalue weighted by Crippen LogP contribution is -2.68. The largest absolute Gasteiger partial charge is 0.389 e. The van der Waals surface area contributed by atoms with Crippen LogP contribution < -0.4 is 9.88 Å². The van der Waals surface area contributed by atoms with Crippen LogP contribution in [0.3, 0.4) is 0 Å². The van der Waals surface area contributed by atoms with Gasteiger partial charge in [0.1, 0.15) is 0 Å². The van der Waals surface area contributed by atoms with E-state index in [-0.39, 0.29) is 21.8 Å². The molecule has 2 heteroatoms. The molecular formula is C36H51N2+. The van der Waals surface area contributed by atoms with Crippen LogP contribution in [0.25, 0.3) is 11.3 Å². The maximum absolute atomic E-state index is 4.51. The van der Waals surface area contributed by atoms with Crippen LogP contribution in [-0.2, 0) is 21.8 Å². The van der Waals surface area contributed by atoms with Gasteiger partial charge in [0, 0.05) is 31.3 Å². The second kappa shape index (κ2) is 10.2. The molecule has 0 saturated heterocycles. The number of fused-ring (bicyclic) bond motifs is 4. The van der Waals surface area contributed by atoms with E-state index in [0.29, 0.717) is 0 Å². The first-order chi connectivity index (χ1) is 17.8. The summed E-state index contributed by atoms with van der Waals surface area (Å²) in [5.41, 5.74) is 9.65. The van der Waals surface area contributed by atoms with E-state index in [1.54, 1.807) is 5.56 Å². The van der Waals surface area contributed by atoms with Gasteiger partial charge in [0.25, 0.3) is 0 Å². The number of nitrogens with one attached hydrogen (secondary N) is 1. The fourth-order valence-electron chi connectivity index (χ4n) is 7.12. The van der Waals surface area contributed by atoms with Crippen LogP contribution in [0, 0.1) is 0 Å². The van der Waals surface area contributed by atoms with E-state index in [4.69, 9.17) is 0 Å². The molecule has 2 heterocycles. The van der Waals surface area contributed by atoms with Gasteiger partial charge in [0.05, 0.1) is 17.4 Å². The van der Waals surface area contributed by atoms with Crippen molar-refractivity contribution in [1.82, 2.24) is 5.32 Å². The molecule has 1 N–H and O–H groups in total. The average molecular weight is 512 g/mol. The van der Waals surface area contributed by atoms with Crippen molar-refractivity contribution < 1.29 is 4.57 Å². The molecule has 1 aromatic carbocycles. The van der Waals surface area contributed by atoms with Gasteiger partial charge in [-0.2, -0.15) is 4.57 Å². The topological polar surface area (TPSA) is 15.9 Å². The molecule has 2 atom stereocenters. The van der Waals surface area contributed by atoms with E-state index in [2.05, 4.69) is 127 Å². The fraction of sp³-hybridized carbons (Fsp3) is 0.528. The Balaban J connectivity index is 2.00. The van der Waals surface area contributed by atoms with Crippen LogP contribution in [0.15, 0.2) is 73.1 Å². The van der Waals surface area contributed by atoms with Crippen molar-refractivity contribution in [3.8, 4) is 11.3 Å². The second-order valence-corrected chi connectivity index (χ2v) is 13.6. The molecule has 1 aliphatic heterocycles. The average Bonchev–Trinajstić information content (AvgIpc) is 2.87. The Labute approximate surface area is 233 Å². The molecule has 1 aromatic heterocycles. The molecule has 0 spiro atoms. The highest BCUT2D eigenvalue weighted by molar-refractivity contribution is 5.69. The van der Waals surface area contributed by atoms with E-state index >= 15 is 0 Å². The van der Waals surface area contributed by atoms with Crippen LogP contribution in [0.1, 0.15) is 111 Å². The Morgan fingerprint density at radius 3 is 2.26 bits per heavy atom. The molecule has 38 heavy (non-hydrogen) atoms.